The Morgan fingerprint density at radius 3 is 2.48 bits per heavy atom. The summed E-state index contributed by atoms with van der Waals surface area (Å²) in [4.78, 5) is 16.8. The Labute approximate surface area is 155 Å². The zero-order chi connectivity index (χ0) is 17.8. The Morgan fingerprint density at radius 1 is 1.00 bits per heavy atom. The predicted octanol–water partition coefficient (Wildman–Crippen LogP) is 5.51. The van der Waals surface area contributed by atoms with Gasteiger partial charge in [-0.1, -0.05) is 22.0 Å². The molecule has 1 heterocycles. The molecule has 0 bridgehead atoms. The summed E-state index contributed by atoms with van der Waals surface area (Å²) >= 11 is 3.39. The summed E-state index contributed by atoms with van der Waals surface area (Å²) in [6, 6.07) is 18.5. The molecule has 0 aliphatic carbocycles. The van der Waals surface area contributed by atoms with Crippen LogP contribution >= 0.6 is 15.9 Å². The first kappa shape index (κ1) is 17.2. The van der Waals surface area contributed by atoms with Gasteiger partial charge in [0.1, 0.15) is 11.5 Å². The molecule has 1 N–H and O–H groups in total. The summed E-state index contributed by atoms with van der Waals surface area (Å²) in [6.45, 7) is 3.73. The van der Waals surface area contributed by atoms with Crippen LogP contribution in [0, 0.1) is 13.8 Å². The normalized spacial score (nSPS) is 10.4. The van der Waals surface area contributed by atoms with Gasteiger partial charge in [-0.25, -0.2) is 0 Å². The lowest BCUT2D eigenvalue weighted by Gasteiger charge is -2.10. The van der Waals surface area contributed by atoms with Gasteiger partial charge in [0.2, 0.25) is 0 Å². The van der Waals surface area contributed by atoms with Crippen LogP contribution in [-0.2, 0) is 0 Å². The second-order valence-corrected chi connectivity index (χ2v) is 6.54. The Morgan fingerprint density at radius 2 is 1.76 bits per heavy atom. The van der Waals surface area contributed by atoms with Crippen LogP contribution in [0.25, 0.3) is 0 Å². The number of aryl methyl sites for hydroxylation is 2. The first-order valence-electron chi connectivity index (χ1n) is 7.80. The van der Waals surface area contributed by atoms with Gasteiger partial charge >= 0.3 is 0 Å². The third-order valence-electron chi connectivity index (χ3n) is 3.61. The van der Waals surface area contributed by atoms with Crippen LogP contribution in [0.3, 0.4) is 0 Å². The maximum atomic E-state index is 12.5. The van der Waals surface area contributed by atoms with E-state index in [1.165, 1.54) is 0 Å². The smallest absolute Gasteiger partial charge is 0.257 e. The number of hydrogen-bond donors (Lipinski definition) is 1. The number of carbonyl (C=O) groups excluding carboxylic acids is 1. The van der Waals surface area contributed by atoms with Crippen molar-refractivity contribution in [3.63, 3.8) is 0 Å². The molecule has 5 heteroatoms. The molecule has 0 radical (unpaired) electrons. The van der Waals surface area contributed by atoms with E-state index >= 15 is 0 Å². The number of carbonyl (C=O) groups is 1. The number of rotatable bonds is 4. The molecule has 0 aliphatic rings. The van der Waals surface area contributed by atoms with Crippen LogP contribution in [0.2, 0.25) is 0 Å². The summed E-state index contributed by atoms with van der Waals surface area (Å²) in [5.74, 6) is 1.19. The van der Waals surface area contributed by atoms with Crippen molar-refractivity contribution in [2.45, 2.75) is 13.8 Å². The number of benzene rings is 2. The first-order chi connectivity index (χ1) is 12.0. The molecule has 3 rings (SSSR count). The number of aromatic nitrogens is 1. The molecule has 0 aliphatic heterocycles. The summed E-state index contributed by atoms with van der Waals surface area (Å²) in [5.41, 5.74) is 2.82. The van der Waals surface area contributed by atoms with Gasteiger partial charge < -0.3 is 10.1 Å². The van der Waals surface area contributed by atoms with Crippen molar-refractivity contribution < 1.29 is 9.53 Å². The number of hydrogen-bond acceptors (Lipinski definition) is 3. The minimum absolute atomic E-state index is 0.189. The van der Waals surface area contributed by atoms with Gasteiger partial charge in [-0.2, -0.15) is 0 Å². The lowest BCUT2D eigenvalue weighted by Crippen LogP contribution is -2.14. The molecule has 25 heavy (non-hydrogen) atoms. The zero-order valence-electron chi connectivity index (χ0n) is 13.9. The first-order valence-corrected chi connectivity index (χ1v) is 8.59. The predicted molar refractivity (Wildman–Crippen MR) is 102 cm³/mol. The molecular formula is C20H17BrN2O2. The SMILES string of the molecule is Cc1ccc(C(=O)Nc2cccc(Oc3ccc(Br)cc3)c2)c(C)n1. The molecule has 3 aromatic rings. The topological polar surface area (TPSA) is 51.2 Å². The fraction of sp³-hybridized carbons (Fsp3) is 0.100. The molecule has 0 saturated carbocycles. The Hall–Kier alpha value is -2.66. The number of halogens is 1. The number of nitrogens with zero attached hydrogens (tertiary/aromatic N) is 1. The van der Waals surface area contributed by atoms with E-state index in [1.807, 2.05) is 62.4 Å². The molecule has 0 spiro atoms. The molecule has 0 atom stereocenters. The number of ether oxygens (including phenoxy) is 1. The van der Waals surface area contributed by atoms with Crippen molar-refractivity contribution in [3.05, 3.63) is 82.1 Å². The summed E-state index contributed by atoms with van der Waals surface area (Å²) in [7, 11) is 0. The van der Waals surface area contributed by atoms with Crippen LogP contribution in [0.15, 0.2) is 65.1 Å². The molecule has 126 valence electrons. The van der Waals surface area contributed by atoms with E-state index in [1.54, 1.807) is 12.1 Å². The minimum atomic E-state index is -0.189. The van der Waals surface area contributed by atoms with Crippen molar-refractivity contribution in [1.82, 2.24) is 4.98 Å². The fourth-order valence-corrected chi connectivity index (χ4v) is 2.67. The van der Waals surface area contributed by atoms with E-state index in [0.29, 0.717) is 22.7 Å². The monoisotopic (exact) mass is 396 g/mol. The third-order valence-corrected chi connectivity index (χ3v) is 4.14. The van der Waals surface area contributed by atoms with E-state index in [2.05, 4.69) is 26.2 Å². The van der Waals surface area contributed by atoms with Gasteiger partial charge in [0.05, 0.1) is 11.3 Å². The van der Waals surface area contributed by atoms with Crippen LogP contribution in [-0.4, -0.2) is 10.9 Å². The molecule has 1 aromatic heterocycles. The fourth-order valence-electron chi connectivity index (χ4n) is 2.40. The molecule has 2 aromatic carbocycles. The van der Waals surface area contributed by atoms with Crippen molar-refractivity contribution in [3.8, 4) is 11.5 Å². The van der Waals surface area contributed by atoms with Crippen LogP contribution in [0.1, 0.15) is 21.7 Å². The van der Waals surface area contributed by atoms with E-state index in [0.717, 1.165) is 15.9 Å². The molecule has 0 fully saturated rings. The molecule has 1 amide bonds. The average molecular weight is 397 g/mol. The Balaban J connectivity index is 1.75. The van der Waals surface area contributed by atoms with Crippen LogP contribution < -0.4 is 10.1 Å². The number of anilines is 1. The highest BCUT2D eigenvalue weighted by Gasteiger charge is 2.11. The Kier molecular flexibility index (Phi) is 5.14. The van der Waals surface area contributed by atoms with Gasteiger partial charge in [-0.3, -0.25) is 9.78 Å². The van der Waals surface area contributed by atoms with Gasteiger partial charge in [0, 0.05) is 21.9 Å². The van der Waals surface area contributed by atoms with Gasteiger partial charge in [-0.05, 0) is 62.4 Å². The van der Waals surface area contributed by atoms with Gasteiger partial charge in [0.25, 0.3) is 5.91 Å². The van der Waals surface area contributed by atoms with Crippen molar-refractivity contribution in [2.75, 3.05) is 5.32 Å². The Bertz CT molecular complexity index is 908. The maximum Gasteiger partial charge on any atom is 0.257 e. The third kappa shape index (κ3) is 4.45. The number of pyridine rings is 1. The number of nitrogens with one attached hydrogen (secondary N) is 1. The maximum absolute atomic E-state index is 12.5. The summed E-state index contributed by atoms with van der Waals surface area (Å²) in [5, 5.41) is 2.89. The van der Waals surface area contributed by atoms with E-state index in [4.69, 9.17) is 4.74 Å². The summed E-state index contributed by atoms with van der Waals surface area (Å²) < 4.78 is 6.81. The molecular weight excluding hydrogens is 380 g/mol. The van der Waals surface area contributed by atoms with Gasteiger partial charge in [0.15, 0.2) is 0 Å². The molecule has 4 nitrogen and oxygen atoms in total. The number of amides is 1. The highest BCUT2D eigenvalue weighted by Crippen LogP contribution is 2.25. The standard InChI is InChI=1S/C20H17BrN2O2/c1-13-6-11-19(14(2)22-13)20(24)23-16-4-3-5-18(12-16)25-17-9-7-15(21)8-10-17/h3-12H,1-2H3,(H,23,24). The van der Waals surface area contributed by atoms with Crippen molar-refractivity contribution in [2.24, 2.45) is 0 Å². The van der Waals surface area contributed by atoms with E-state index in [-0.39, 0.29) is 5.91 Å². The van der Waals surface area contributed by atoms with E-state index < -0.39 is 0 Å². The highest BCUT2D eigenvalue weighted by molar-refractivity contribution is 9.10. The summed E-state index contributed by atoms with van der Waals surface area (Å²) in [6.07, 6.45) is 0. The highest BCUT2D eigenvalue weighted by atomic mass is 79.9. The van der Waals surface area contributed by atoms with Crippen LogP contribution in [0.4, 0.5) is 5.69 Å². The molecule has 0 saturated heterocycles. The lowest BCUT2D eigenvalue weighted by atomic mass is 10.1. The van der Waals surface area contributed by atoms with Crippen LogP contribution in [0.5, 0.6) is 11.5 Å². The average Bonchev–Trinajstić information content (AvgIpc) is 2.57. The second-order valence-electron chi connectivity index (χ2n) is 5.62. The lowest BCUT2D eigenvalue weighted by molar-refractivity contribution is 0.102. The van der Waals surface area contributed by atoms with Crippen molar-refractivity contribution >= 4 is 27.5 Å². The quantitative estimate of drug-likeness (QED) is 0.632. The minimum Gasteiger partial charge on any atom is -0.457 e. The van der Waals surface area contributed by atoms with E-state index in [9.17, 15) is 4.79 Å². The zero-order valence-corrected chi connectivity index (χ0v) is 15.5. The van der Waals surface area contributed by atoms with Crippen molar-refractivity contribution in [1.29, 1.82) is 0 Å². The molecule has 0 unspecified atom stereocenters. The second kappa shape index (κ2) is 7.49. The van der Waals surface area contributed by atoms with Gasteiger partial charge in [-0.15, -0.1) is 0 Å². The largest absolute Gasteiger partial charge is 0.457 e.